The van der Waals surface area contributed by atoms with Crippen molar-refractivity contribution < 1.29 is 4.42 Å². The summed E-state index contributed by atoms with van der Waals surface area (Å²) in [5, 5.41) is 2.29. The Morgan fingerprint density at radius 2 is 1.00 bits per heavy atom. The number of thiophene rings is 1. The molecule has 0 fully saturated rings. The summed E-state index contributed by atoms with van der Waals surface area (Å²) in [7, 11) is 0. The second-order valence-corrected chi connectivity index (χ2v) is 12.2. The van der Waals surface area contributed by atoms with Crippen molar-refractivity contribution in [3.8, 4) is 56.7 Å². The van der Waals surface area contributed by atoms with E-state index in [1.54, 1.807) is 11.3 Å². The molecule has 5 nitrogen and oxygen atoms in total. The lowest BCUT2D eigenvalue weighted by molar-refractivity contribution is 0.620. The molecule has 0 spiro atoms. The Kier molecular flexibility index (Phi) is 6.25. The van der Waals surface area contributed by atoms with Gasteiger partial charge in [-0.15, -0.1) is 11.3 Å². The fourth-order valence-electron chi connectivity index (χ4n) is 5.93. The van der Waals surface area contributed by atoms with E-state index in [2.05, 4.69) is 84.9 Å². The van der Waals surface area contributed by atoms with Crippen molar-refractivity contribution in [2.24, 2.45) is 0 Å². The first kappa shape index (κ1) is 26.4. The number of fused-ring (bicyclic) bond motifs is 4. The lowest BCUT2D eigenvalue weighted by Gasteiger charge is -2.10. The first-order valence-corrected chi connectivity index (χ1v) is 15.9. The Morgan fingerprint density at radius 3 is 1.74 bits per heavy atom. The quantitative estimate of drug-likeness (QED) is 0.194. The van der Waals surface area contributed by atoms with Crippen molar-refractivity contribution in [3.05, 3.63) is 146 Å². The van der Waals surface area contributed by atoms with Gasteiger partial charge < -0.3 is 4.42 Å². The Hall–Kier alpha value is -5.98. The van der Waals surface area contributed by atoms with Crippen LogP contribution in [0.5, 0.6) is 0 Å². The van der Waals surface area contributed by atoms with E-state index in [0.29, 0.717) is 23.4 Å². The van der Waals surface area contributed by atoms with Crippen LogP contribution in [0, 0.1) is 0 Å². The predicted molar refractivity (Wildman–Crippen MR) is 187 cm³/mol. The molecule has 216 valence electrons. The SMILES string of the molecule is c1ccc(-c2ccc(-c3nc(-c4ccccc4)nc(-c4cc(-c5nc6ccccc6o5)c5c(c4)sc4ccccc45)n3)cc2)cc1. The molecule has 0 aliphatic carbocycles. The van der Waals surface area contributed by atoms with Crippen LogP contribution in [0.25, 0.3) is 88.0 Å². The number of oxazole rings is 1. The first-order valence-electron chi connectivity index (χ1n) is 15.1. The number of para-hydroxylation sites is 2. The van der Waals surface area contributed by atoms with E-state index in [9.17, 15) is 0 Å². The first-order chi connectivity index (χ1) is 22.8. The highest BCUT2D eigenvalue weighted by molar-refractivity contribution is 7.26. The number of aromatic nitrogens is 4. The molecule has 3 aromatic heterocycles. The zero-order chi connectivity index (χ0) is 30.5. The zero-order valence-corrected chi connectivity index (χ0v) is 25.3. The summed E-state index contributed by atoms with van der Waals surface area (Å²) in [5.41, 5.74) is 7.51. The molecule has 9 aromatic rings. The number of rotatable bonds is 5. The van der Waals surface area contributed by atoms with Crippen LogP contribution >= 0.6 is 11.3 Å². The summed E-state index contributed by atoms with van der Waals surface area (Å²) in [4.78, 5) is 20.0. The third kappa shape index (κ3) is 4.64. The molecule has 0 radical (unpaired) electrons. The number of benzene rings is 6. The molecule has 46 heavy (non-hydrogen) atoms. The second kappa shape index (κ2) is 10.9. The monoisotopic (exact) mass is 608 g/mol. The standard InChI is InChI=1S/C40H24N4OS/c1-3-11-25(12-4-1)26-19-21-28(22-20-26)38-42-37(27-13-5-2-6-14-27)43-39(44-38)29-23-31(40-41-32-16-8-9-17-33(32)45-40)36-30-15-7-10-18-34(30)46-35(36)24-29/h1-24H. The van der Waals surface area contributed by atoms with Gasteiger partial charge in [0.25, 0.3) is 0 Å². The van der Waals surface area contributed by atoms with Crippen LogP contribution in [-0.2, 0) is 0 Å². The Labute approximate surface area is 268 Å². The average molecular weight is 609 g/mol. The average Bonchev–Trinajstić information content (AvgIpc) is 3.74. The highest BCUT2D eigenvalue weighted by Gasteiger charge is 2.20. The molecular formula is C40H24N4OS. The summed E-state index contributed by atoms with van der Waals surface area (Å²) < 4.78 is 8.66. The third-order valence-corrected chi connectivity index (χ3v) is 9.30. The molecule has 0 saturated heterocycles. The van der Waals surface area contributed by atoms with Crippen molar-refractivity contribution in [3.63, 3.8) is 0 Å². The van der Waals surface area contributed by atoms with Crippen LogP contribution in [-0.4, -0.2) is 19.9 Å². The highest BCUT2D eigenvalue weighted by Crippen LogP contribution is 2.43. The number of hydrogen-bond acceptors (Lipinski definition) is 6. The third-order valence-electron chi connectivity index (χ3n) is 8.18. The maximum Gasteiger partial charge on any atom is 0.228 e. The molecule has 0 unspecified atom stereocenters. The fourth-order valence-corrected chi connectivity index (χ4v) is 7.10. The molecule has 0 atom stereocenters. The Morgan fingerprint density at radius 1 is 0.435 bits per heavy atom. The summed E-state index contributed by atoms with van der Waals surface area (Å²) >= 11 is 1.75. The lowest BCUT2D eigenvalue weighted by Crippen LogP contribution is -2.00. The molecule has 9 rings (SSSR count). The van der Waals surface area contributed by atoms with Gasteiger partial charge in [-0.3, -0.25) is 0 Å². The van der Waals surface area contributed by atoms with Gasteiger partial charge in [-0.05, 0) is 41.5 Å². The minimum atomic E-state index is 0.575. The van der Waals surface area contributed by atoms with Gasteiger partial charge in [0.2, 0.25) is 5.89 Å². The van der Waals surface area contributed by atoms with Gasteiger partial charge in [-0.2, -0.15) is 0 Å². The Balaban J connectivity index is 1.26. The smallest absolute Gasteiger partial charge is 0.228 e. The van der Waals surface area contributed by atoms with Gasteiger partial charge in [0, 0.05) is 42.4 Å². The number of hydrogen-bond donors (Lipinski definition) is 0. The topological polar surface area (TPSA) is 64.7 Å². The molecule has 0 amide bonds. The van der Waals surface area contributed by atoms with E-state index in [4.69, 9.17) is 24.4 Å². The summed E-state index contributed by atoms with van der Waals surface area (Å²) in [6, 6.07) is 49.4. The summed E-state index contributed by atoms with van der Waals surface area (Å²) in [6.07, 6.45) is 0. The van der Waals surface area contributed by atoms with E-state index >= 15 is 0 Å². The van der Waals surface area contributed by atoms with Gasteiger partial charge in [-0.25, -0.2) is 19.9 Å². The number of nitrogens with zero attached hydrogens (tertiary/aromatic N) is 4. The zero-order valence-electron chi connectivity index (χ0n) is 24.5. The van der Waals surface area contributed by atoms with Crippen LogP contribution < -0.4 is 0 Å². The maximum atomic E-state index is 6.35. The van der Waals surface area contributed by atoms with Crippen molar-refractivity contribution >= 4 is 42.6 Å². The molecule has 0 bridgehead atoms. The lowest BCUT2D eigenvalue weighted by atomic mass is 10.0. The van der Waals surface area contributed by atoms with Gasteiger partial charge in [0.05, 0.1) is 0 Å². The van der Waals surface area contributed by atoms with Crippen LogP contribution in [0.15, 0.2) is 150 Å². The molecular weight excluding hydrogens is 585 g/mol. The molecule has 0 saturated carbocycles. The second-order valence-electron chi connectivity index (χ2n) is 11.1. The largest absolute Gasteiger partial charge is 0.436 e. The Bertz CT molecular complexity index is 2490. The van der Waals surface area contributed by atoms with E-state index in [1.165, 1.54) is 15.6 Å². The van der Waals surface area contributed by atoms with E-state index in [1.807, 2.05) is 60.7 Å². The van der Waals surface area contributed by atoms with E-state index < -0.39 is 0 Å². The van der Waals surface area contributed by atoms with Crippen LogP contribution in [0.2, 0.25) is 0 Å². The molecule has 6 heteroatoms. The minimum Gasteiger partial charge on any atom is -0.436 e. The van der Waals surface area contributed by atoms with Crippen molar-refractivity contribution in [2.75, 3.05) is 0 Å². The van der Waals surface area contributed by atoms with Crippen LogP contribution in [0.4, 0.5) is 0 Å². The molecule has 3 heterocycles. The predicted octanol–water partition coefficient (Wildman–Crippen LogP) is 10.7. The van der Waals surface area contributed by atoms with Crippen LogP contribution in [0.3, 0.4) is 0 Å². The van der Waals surface area contributed by atoms with Gasteiger partial charge in [0.1, 0.15) is 5.52 Å². The molecule has 0 N–H and O–H groups in total. The summed E-state index contributed by atoms with van der Waals surface area (Å²) in [6.45, 7) is 0. The van der Waals surface area contributed by atoms with Crippen molar-refractivity contribution in [1.82, 2.24) is 19.9 Å². The minimum absolute atomic E-state index is 0.575. The van der Waals surface area contributed by atoms with Gasteiger partial charge in [0.15, 0.2) is 23.1 Å². The molecule has 0 aliphatic rings. The van der Waals surface area contributed by atoms with Gasteiger partial charge in [-0.1, -0.05) is 115 Å². The molecule has 0 aliphatic heterocycles. The fraction of sp³-hybridized carbons (Fsp3) is 0. The van der Waals surface area contributed by atoms with Crippen molar-refractivity contribution in [2.45, 2.75) is 0 Å². The van der Waals surface area contributed by atoms with Crippen molar-refractivity contribution in [1.29, 1.82) is 0 Å². The maximum absolute atomic E-state index is 6.35. The van der Waals surface area contributed by atoms with Crippen LogP contribution in [0.1, 0.15) is 0 Å². The molecule has 6 aromatic carbocycles. The highest BCUT2D eigenvalue weighted by atomic mass is 32.1. The van der Waals surface area contributed by atoms with E-state index in [-0.39, 0.29) is 0 Å². The summed E-state index contributed by atoms with van der Waals surface area (Å²) in [5.74, 6) is 2.40. The van der Waals surface area contributed by atoms with E-state index in [0.717, 1.165) is 49.0 Å². The van der Waals surface area contributed by atoms with Gasteiger partial charge >= 0.3 is 0 Å². The normalized spacial score (nSPS) is 11.5.